The number of fused-ring (bicyclic) bond motifs is 3. The first kappa shape index (κ1) is 18.9. The first-order chi connectivity index (χ1) is 14.0. The van der Waals surface area contributed by atoms with Gasteiger partial charge in [-0.3, -0.25) is 14.3 Å². The number of carbonyl (C=O) groups excluding carboxylic acids is 1. The highest BCUT2D eigenvalue weighted by Crippen LogP contribution is 2.25. The molecule has 2 unspecified atom stereocenters. The smallest absolute Gasteiger partial charge is 0.273 e. The van der Waals surface area contributed by atoms with Gasteiger partial charge >= 0.3 is 0 Å². The van der Waals surface area contributed by atoms with Gasteiger partial charge in [0, 0.05) is 23.7 Å². The molecule has 2 aromatic carbocycles. The van der Waals surface area contributed by atoms with Crippen molar-refractivity contribution < 1.29 is 4.79 Å². The molecule has 148 valence electrons. The molecule has 0 bridgehead atoms. The average molecular weight is 388 g/mol. The number of aromatic nitrogens is 3. The zero-order chi connectivity index (χ0) is 20.5. The van der Waals surface area contributed by atoms with Crippen LogP contribution in [-0.2, 0) is 4.79 Å². The monoisotopic (exact) mass is 388 g/mol. The molecule has 2 atom stereocenters. The molecule has 0 spiro atoms. The molecule has 0 aliphatic rings. The van der Waals surface area contributed by atoms with Crippen molar-refractivity contribution in [2.45, 2.75) is 32.7 Å². The van der Waals surface area contributed by atoms with Crippen molar-refractivity contribution in [3.63, 3.8) is 0 Å². The van der Waals surface area contributed by atoms with Gasteiger partial charge in [0.2, 0.25) is 5.91 Å². The summed E-state index contributed by atoms with van der Waals surface area (Å²) in [5.74, 6) is 0.137. The second-order valence-corrected chi connectivity index (χ2v) is 7.47. The fourth-order valence-electron chi connectivity index (χ4n) is 3.80. The fraction of sp³-hybridized carbons (Fsp3) is 0.261. The van der Waals surface area contributed by atoms with E-state index in [9.17, 15) is 9.59 Å². The number of nitrogens with zero attached hydrogens (tertiary/aromatic N) is 3. The van der Waals surface area contributed by atoms with Gasteiger partial charge in [-0.1, -0.05) is 49.4 Å². The van der Waals surface area contributed by atoms with E-state index in [1.54, 1.807) is 0 Å². The molecule has 0 saturated carbocycles. The lowest BCUT2D eigenvalue weighted by atomic mass is 10.0. The Kier molecular flexibility index (Phi) is 4.92. The van der Waals surface area contributed by atoms with Gasteiger partial charge in [0.05, 0.1) is 5.52 Å². The summed E-state index contributed by atoms with van der Waals surface area (Å²) in [5.41, 5.74) is 3.10. The maximum atomic E-state index is 13.0. The van der Waals surface area contributed by atoms with E-state index in [2.05, 4.69) is 29.4 Å². The minimum absolute atomic E-state index is 0.0754. The van der Waals surface area contributed by atoms with Crippen LogP contribution in [0.25, 0.3) is 16.6 Å². The number of benzene rings is 2. The number of para-hydroxylation sites is 1. The Morgan fingerprint density at radius 1 is 1.07 bits per heavy atom. The molecule has 6 nitrogen and oxygen atoms in total. The summed E-state index contributed by atoms with van der Waals surface area (Å²) in [6.07, 6.45) is 0. The van der Waals surface area contributed by atoms with Crippen molar-refractivity contribution in [2.24, 2.45) is 0 Å². The SMILES string of the molecule is Cc1cc(=O)nc2c3ccccc3n(C(C)C(=O)NCC(C)c3ccccc3)n12. The van der Waals surface area contributed by atoms with E-state index in [0.29, 0.717) is 12.2 Å². The topological polar surface area (TPSA) is 68.4 Å². The predicted octanol–water partition coefficient (Wildman–Crippen LogP) is 3.44. The molecule has 29 heavy (non-hydrogen) atoms. The van der Waals surface area contributed by atoms with Gasteiger partial charge in [-0.05, 0) is 37.5 Å². The third-order valence-electron chi connectivity index (χ3n) is 5.39. The summed E-state index contributed by atoms with van der Waals surface area (Å²) in [4.78, 5) is 29.2. The molecule has 0 fully saturated rings. The first-order valence-corrected chi connectivity index (χ1v) is 9.79. The maximum Gasteiger partial charge on any atom is 0.273 e. The van der Waals surface area contributed by atoms with Gasteiger partial charge in [0.15, 0.2) is 5.65 Å². The Balaban J connectivity index is 1.68. The van der Waals surface area contributed by atoms with E-state index in [1.165, 1.54) is 11.6 Å². The van der Waals surface area contributed by atoms with Crippen molar-refractivity contribution in [3.05, 3.63) is 82.3 Å². The van der Waals surface area contributed by atoms with Gasteiger partial charge in [-0.15, -0.1) is 0 Å². The van der Waals surface area contributed by atoms with Crippen LogP contribution in [-0.4, -0.2) is 26.6 Å². The molecule has 0 saturated heterocycles. The van der Waals surface area contributed by atoms with E-state index < -0.39 is 6.04 Å². The number of rotatable bonds is 5. The highest BCUT2D eigenvalue weighted by molar-refractivity contribution is 5.94. The van der Waals surface area contributed by atoms with E-state index >= 15 is 0 Å². The van der Waals surface area contributed by atoms with Gasteiger partial charge < -0.3 is 5.32 Å². The minimum Gasteiger partial charge on any atom is -0.354 e. The zero-order valence-electron chi connectivity index (χ0n) is 16.8. The quantitative estimate of drug-likeness (QED) is 0.569. The molecule has 0 aliphatic carbocycles. The summed E-state index contributed by atoms with van der Waals surface area (Å²) < 4.78 is 3.77. The molecule has 4 rings (SSSR count). The van der Waals surface area contributed by atoms with E-state index in [-0.39, 0.29) is 17.4 Å². The van der Waals surface area contributed by atoms with Crippen LogP contribution in [0.1, 0.15) is 37.1 Å². The van der Waals surface area contributed by atoms with Crippen molar-refractivity contribution in [3.8, 4) is 0 Å². The molecular formula is C23H24N4O2. The molecule has 1 N–H and O–H groups in total. The highest BCUT2D eigenvalue weighted by atomic mass is 16.2. The molecule has 0 aliphatic heterocycles. The van der Waals surface area contributed by atoms with Crippen molar-refractivity contribution in [2.75, 3.05) is 6.54 Å². The average Bonchev–Trinajstić information content (AvgIpc) is 3.06. The van der Waals surface area contributed by atoms with E-state index in [1.807, 2.05) is 65.5 Å². The Morgan fingerprint density at radius 2 is 1.76 bits per heavy atom. The highest BCUT2D eigenvalue weighted by Gasteiger charge is 2.22. The van der Waals surface area contributed by atoms with Crippen LogP contribution < -0.4 is 10.9 Å². The van der Waals surface area contributed by atoms with Crippen LogP contribution in [0.5, 0.6) is 0 Å². The number of aryl methyl sites for hydroxylation is 1. The number of hydrogen-bond donors (Lipinski definition) is 1. The lowest BCUT2D eigenvalue weighted by molar-refractivity contribution is -0.124. The second kappa shape index (κ2) is 7.54. The first-order valence-electron chi connectivity index (χ1n) is 9.79. The lowest BCUT2D eigenvalue weighted by Crippen LogP contribution is -2.35. The third kappa shape index (κ3) is 3.42. The summed E-state index contributed by atoms with van der Waals surface area (Å²) in [6.45, 7) is 6.37. The van der Waals surface area contributed by atoms with E-state index in [4.69, 9.17) is 0 Å². The Labute approximate surface area is 168 Å². The molecule has 0 radical (unpaired) electrons. The molecule has 1 amide bonds. The summed E-state index contributed by atoms with van der Waals surface area (Å²) in [7, 11) is 0. The Bertz CT molecular complexity index is 1240. The second-order valence-electron chi connectivity index (χ2n) is 7.47. The summed E-state index contributed by atoms with van der Waals surface area (Å²) in [6, 6.07) is 18.9. The van der Waals surface area contributed by atoms with Crippen molar-refractivity contribution in [1.29, 1.82) is 0 Å². The number of carbonyl (C=O) groups is 1. The molecule has 2 heterocycles. The summed E-state index contributed by atoms with van der Waals surface area (Å²) in [5, 5.41) is 3.93. The number of hydrogen-bond acceptors (Lipinski definition) is 3. The van der Waals surface area contributed by atoms with Crippen LogP contribution in [0, 0.1) is 6.92 Å². The van der Waals surface area contributed by atoms with Gasteiger partial charge in [0.1, 0.15) is 6.04 Å². The van der Waals surface area contributed by atoms with Crippen LogP contribution >= 0.6 is 0 Å². The van der Waals surface area contributed by atoms with Crippen LogP contribution in [0.15, 0.2) is 65.5 Å². The number of nitrogens with one attached hydrogen (secondary N) is 1. The van der Waals surface area contributed by atoms with Crippen molar-refractivity contribution >= 4 is 22.5 Å². The standard InChI is InChI=1S/C23H24N4O2/c1-15(18-9-5-4-6-10-18)14-24-23(29)17(3)27-20-12-8-7-11-19(20)22-25-21(28)13-16(2)26(22)27/h4-13,15,17H,14H2,1-3H3,(H,24,29). The van der Waals surface area contributed by atoms with Crippen molar-refractivity contribution in [1.82, 2.24) is 19.5 Å². The zero-order valence-corrected chi connectivity index (χ0v) is 16.8. The Morgan fingerprint density at radius 3 is 2.52 bits per heavy atom. The summed E-state index contributed by atoms with van der Waals surface area (Å²) >= 11 is 0. The van der Waals surface area contributed by atoms with Gasteiger partial charge in [-0.25, -0.2) is 4.52 Å². The van der Waals surface area contributed by atoms with Gasteiger partial charge in [0.25, 0.3) is 5.56 Å². The maximum absolute atomic E-state index is 13.0. The fourth-order valence-corrected chi connectivity index (χ4v) is 3.80. The number of amides is 1. The largest absolute Gasteiger partial charge is 0.354 e. The molecule has 4 aromatic rings. The van der Waals surface area contributed by atoms with Gasteiger partial charge in [-0.2, -0.15) is 4.98 Å². The third-order valence-corrected chi connectivity index (χ3v) is 5.39. The predicted molar refractivity (Wildman–Crippen MR) is 114 cm³/mol. The molecular weight excluding hydrogens is 364 g/mol. The Hall–Kier alpha value is -3.41. The van der Waals surface area contributed by atoms with Crippen LogP contribution in [0.2, 0.25) is 0 Å². The van der Waals surface area contributed by atoms with E-state index in [0.717, 1.165) is 16.6 Å². The lowest BCUT2D eigenvalue weighted by Gasteiger charge is -2.20. The van der Waals surface area contributed by atoms with Crippen LogP contribution in [0.3, 0.4) is 0 Å². The normalized spacial score (nSPS) is 13.5. The molecule has 6 heteroatoms. The molecule has 2 aromatic heterocycles. The minimum atomic E-state index is -0.469. The van der Waals surface area contributed by atoms with Crippen LogP contribution in [0.4, 0.5) is 0 Å².